The largest absolute Gasteiger partial charge is 0.457 e. The first kappa shape index (κ1) is 13.3. The minimum Gasteiger partial charge on any atom is -0.457 e. The molecule has 2 N–H and O–H groups in total. The molecule has 3 rings (SSSR count). The number of ether oxygens (including phenoxy) is 1. The summed E-state index contributed by atoms with van der Waals surface area (Å²) in [5.41, 5.74) is 7.41. The molecule has 0 radical (unpaired) electrons. The predicted octanol–water partition coefficient (Wildman–Crippen LogP) is 2.58. The maximum absolute atomic E-state index is 5.82. The van der Waals surface area contributed by atoms with E-state index in [-0.39, 0.29) is 0 Å². The quantitative estimate of drug-likeness (QED) is 0.780. The van der Waals surface area contributed by atoms with E-state index >= 15 is 0 Å². The van der Waals surface area contributed by atoms with Crippen molar-refractivity contribution in [3.05, 3.63) is 72.1 Å². The smallest absolute Gasteiger partial charge is 0.127 e. The summed E-state index contributed by atoms with van der Waals surface area (Å²) in [6.07, 6.45) is 1.85. The van der Waals surface area contributed by atoms with Crippen LogP contribution in [0.4, 0.5) is 0 Å². The number of nitrogens with two attached hydrogens (primary N) is 1. The Morgan fingerprint density at radius 2 is 1.81 bits per heavy atom. The van der Waals surface area contributed by atoms with E-state index < -0.39 is 0 Å². The monoisotopic (exact) mass is 280 g/mol. The van der Waals surface area contributed by atoms with Gasteiger partial charge in [-0.25, -0.2) is 4.68 Å². The Morgan fingerprint density at radius 3 is 2.57 bits per heavy atom. The molecule has 1 heterocycles. The molecule has 1 aromatic heterocycles. The van der Waals surface area contributed by atoms with E-state index in [9.17, 15) is 0 Å². The van der Waals surface area contributed by atoms with Crippen molar-refractivity contribution < 1.29 is 4.74 Å². The van der Waals surface area contributed by atoms with Crippen LogP contribution in [-0.4, -0.2) is 15.0 Å². The van der Waals surface area contributed by atoms with Gasteiger partial charge in [0, 0.05) is 6.54 Å². The van der Waals surface area contributed by atoms with E-state index in [2.05, 4.69) is 10.3 Å². The number of hydrogen-bond donors (Lipinski definition) is 1. The highest BCUT2D eigenvalue weighted by molar-refractivity contribution is 5.33. The molecule has 0 atom stereocenters. The lowest BCUT2D eigenvalue weighted by Crippen LogP contribution is -2.00. The van der Waals surface area contributed by atoms with Crippen LogP contribution in [0.2, 0.25) is 0 Å². The Kier molecular flexibility index (Phi) is 3.93. The fourth-order valence-corrected chi connectivity index (χ4v) is 2.03. The first-order valence-electron chi connectivity index (χ1n) is 6.74. The molecular weight excluding hydrogens is 264 g/mol. The number of hydrogen-bond acceptors (Lipinski definition) is 4. The van der Waals surface area contributed by atoms with Crippen LogP contribution in [-0.2, 0) is 13.1 Å². The summed E-state index contributed by atoms with van der Waals surface area (Å²) < 4.78 is 7.59. The van der Waals surface area contributed by atoms with Crippen LogP contribution >= 0.6 is 0 Å². The Morgan fingerprint density at radius 1 is 1.00 bits per heavy atom. The van der Waals surface area contributed by atoms with Crippen molar-refractivity contribution in [2.24, 2.45) is 5.73 Å². The van der Waals surface area contributed by atoms with Crippen molar-refractivity contribution in [3.63, 3.8) is 0 Å². The second-order valence-corrected chi connectivity index (χ2v) is 4.67. The molecule has 0 spiro atoms. The SMILES string of the molecule is NCc1cn(Cc2cccc(Oc3ccccc3)c2)nn1. The highest BCUT2D eigenvalue weighted by Crippen LogP contribution is 2.22. The van der Waals surface area contributed by atoms with Crippen LogP contribution in [0.1, 0.15) is 11.3 Å². The number of benzene rings is 2. The van der Waals surface area contributed by atoms with E-state index in [1.54, 1.807) is 4.68 Å². The van der Waals surface area contributed by atoms with E-state index in [0.29, 0.717) is 13.1 Å². The maximum Gasteiger partial charge on any atom is 0.127 e. The molecule has 0 aliphatic carbocycles. The predicted molar refractivity (Wildman–Crippen MR) is 80.0 cm³/mol. The van der Waals surface area contributed by atoms with Gasteiger partial charge in [0.05, 0.1) is 18.4 Å². The molecule has 0 saturated carbocycles. The van der Waals surface area contributed by atoms with Crippen LogP contribution in [0.3, 0.4) is 0 Å². The maximum atomic E-state index is 5.82. The molecule has 106 valence electrons. The van der Waals surface area contributed by atoms with Gasteiger partial charge < -0.3 is 10.5 Å². The first-order chi connectivity index (χ1) is 10.3. The zero-order valence-corrected chi connectivity index (χ0v) is 11.5. The molecule has 0 fully saturated rings. The van der Waals surface area contributed by atoms with Gasteiger partial charge in [0.2, 0.25) is 0 Å². The van der Waals surface area contributed by atoms with Crippen molar-refractivity contribution >= 4 is 0 Å². The Hall–Kier alpha value is -2.66. The van der Waals surface area contributed by atoms with E-state index in [1.165, 1.54) is 0 Å². The number of para-hydroxylation sites is 1. The van der Waals surface area contributed by atoms with Gasteiger partial charge in [-0.2, -0.15) is 0 Å². The molecule has 0 saturated heterocycles. The van der Waals surface area contributed by atoms with E-state index in [0.717, 1.165) is 22.8 Å². The Bertz CT molecular complexity index is 709. The van der Waals surface area contributed by atoms with Crippen LogP contribution in [0, 0.1) is 0 Å². The van der Waals surface area contributed by atoms with Gasteiger partial charge in [-0.3, -0.25) is 0 Å². The van der Waals surface area contributed by atoms with E-state index in [4.69, 9.17) is 10.5 Å². The molecule has 0 unspecified atom stereocenters. The van der Waals surface area contributed by atoms with E-state index in [1.807, 2.05) is 60.8 Å². The third-order valence-electron chi connectivity index (χ3n) is 3.02. The van der Waals surface area contributed by atoms with Crippen molar-refractivity contribution in [1.29, 1.82) is 0 Å². The zero-order chi connectivity index (χ0) is 14.5. The summed E-state index contributed by atoms with van der Waals surface area (Å²) in [5, 5.41) is 8.02. The van der Waals surface area contributed by atoms with Crippen molar-refractivity contribution in [2.75, 3.05) is 0 Å². The summed E-state index contributed by atoms with van der Waals surface area (Å²) in [4.78, 5) is 0. The third kappa shape index (κ3) is 3.46. The van der Waals surface area contributed by atoms with Gasteiger partial charge in [0.1, 0.15) is 11.5 Å². The van der Waals surface area contributed by atoms with Gasteiger partial charge in [-0.1, -0.05) is 35.5 Å². The van der Waals surface area contributed by atoms with Gasteiger partial charge in [-0.15, -0.1) is 5.10 Å². The molecule has 0 aliphatic rings. The standard InChI is InChI=1S/C16H16N4O/c17-10-14-12-20(19-18-14)11-13-5-4-8-16(9-13)21-15-6-2-1-3-7-15/h1-9,12H,10-11,17H2. The summed E-state index contributed by atoms with van der Waals surface area (Å²) in [5.74, 6) is 1.62. The number of rotatable bonds is 5. The van der Waals surface area contributed by atoms with Gasteiger partial charge >= 0.3 is 0 Å². The van der Waals surface area contributed by atoms with Gasteiger partial charge in [0.15, 0.2) is 0 Å². The topological polar surface area (TPSA) is 66.0 Å². The van der Waals surface area contributed by atoms with Crippen LogP contribution in [0.5, 0.6) is 11.5 Å². The van der Waals surface area contributed by atoms with Gasteiger partial charge in [-0.05, 0) is 29.8 Å². The van der Waals surface area contributed by atoms with Crippen LogP contribution < -0.4 is 10.5 Å². The fourth-order valence-electron chi connectivity index (χ4n) is 2.03. The van der Waals surface area contributed by atoms with Crippen molar-refractivity contribution in [1.82, 2.24) is 15.0 Å². The highest BCUT2D eigenvalue weighted by atomic mass is 16.5. The van der Waals surface area contributed by atoms with Crippen molar-refractivity contribution in [3.8, 4) is 11.5 Å². The molecule has 0 bridgehead atoms. The molecule has 3 aromatic rings. The molecule has 5 nitrogen and oxygen atoms in total. The fraction of sp³-hybridized carbons (Fsp3) is 0.125. The Balaban J connectivity index is 1.73. The second kappa shape index (κ2) is 6.19. The third-order valence-corrected chi connectivity index (χ3v) is 3.02. The average Bonchev–Trinajstić information content (AvgIpc) is 2.96. The van der Waals surface area contributed by atoms with Crippen LogP contribution in [0.15, 0.2) is 60.8 Å². The summed E-state index contributed by atoms with van der Waals surface area (Å²) in [7, 11) is 0. The molecule has 21 heavy (non-hydrogen) atoms. The lowest BCUT2D eigenvalue weighted by Gasteiger charge is -2.07. The van der Waals surface area contributed by atoms with Gasteiger partial charge in [0.25, 0.3) is 0 Å². The number of aromatic nitrogens is 3. The number of nitrogens with zero attached hydrogens (tertiary/aromatic N) is 3. The molecule has 0 amide bonds. The summed E-state index contributed by atoms with van der Waals surface area (Å²) in [6.45, 7) is 1.04. The molecule has 5 heteroatoms. The molecule has 2 aromatic carbocycles. The highest BCUT2D eigenvalue weighted by Gasteiger charge is 2.02. The lowest BCUT2D eigenvalue weighted by atomic mass is 10.2. The summed E-state index contributed by atoms with van der Waals surface area (Å²) >= 11 is 0. The Labute approximate surface area is 123 Å². The average molecular weight is 280 g/mol. The minimum absolute atomic E-state index is 0.400. The second-order valence-electron chi connectivity index (χ2n) is 4.67. The van der Waals surface area contributed by atoms with Crippen LogP contribution in [0.25, 0.3) is 0 Å². The molecule has 0 aliphatic heterocycles. The van der Waals surface area contributed by atoms with Crippen molar-refractivity contribution in [2.45, 2.75) is 13.1 Å². The minimum atomic E-state index is 0.400. The molecular formula is C16H16N4O. The normalized spacial score (nSPS) is 10.5. The summed E-state index contributed by atoms with van der Waals surface area (Å²) in [6, 6.07) is 17.6. The zero-order valence-electron chi connectivity index (χ0n) is 11.5. The lowest BCUT2D eigenvalue weighted by molar-refractivity contribution is 0.481. The first-order valence-corrected chi connectivity index (χ1v) is 6.74.